The van der Waals surface area contributed by atoms with E-state index in [1.165, 1.54) is 10.5 Å². The van der Waals surface area contributed by atoms with Gasteiger partial charge < -0.3 is 9.52 Å². The molecule has 0 radical (unpaired) electrons. The van der Waals surface area contributed by atoms with Crippen molar-refractivity contribution in [2.75, 3.05) is 18.0 Å². The monoisotopic (exact) mass is 633 g/mol. The number of hydrogen-bond donors (Lipinski definition) is 1. The number of allylic oxidation sites excluding steroid dienone is 2. The Morgan fingerprint density at radius 1 is 0.851 bits per heavy atom. The molecular formula is C38H39N3O6. The van der Waals surface area contributed by atoms with Crippen LogP contribution in [0.4, 0.5) is 5.69 Å². The third-order valence-electron chi connectivity index (χ3n) is 11.6. The highest BCUT2D eigenvalue weighted by Gasteiger charge is 2.68. The predicted octanol–water partition coefficient (Wildman–Crippen LogP) is 4.67. The van der Waals surface area contributed by atoms with Crippen molar-refractivity contribution in [1.29, 1.82) is 0 Å². The first-order chi connectivity index (χ1) is 22.8. The molecule has 9 nitrogen and oxygen atoms in total. The van der Waals surface area contributed by atoms with Crippen LogP contribution in [0.2, 0.25) is 0 Å². The Morgan fingerprint density at radius 3 is 2.23 bits per heavy atom. The number of nitrogens with zero attached hydrogens (tertiary/aromatic N) is 3. The third kappa shape index (κ3) is 4.58. The van der Waals surface area contributed by atoms with Crippen LogP contribution >= 0.6 is 0 Å². The number of amides is 4. The van der Waals surface area contributed by atoms with Crippen molar-refractivity contribution >= 4 is 29.3 Å². The number of fused-ring (bicyclic) bond motifs is 4. The van der Waals surface area contributed by atoms with Gasteiger partial charge in [-0.15, -0.1) is 0 Å². The average Bonchev–Trinajstić information content (AvgIpc) is 3.72. The van der Waals surface area contributed by atoms with Gasteiger partial charge in [0.1, 0.15) is 18.1 Å². The van der Waals surface area contributed by atoms with Gasteiger partial charge >= 0.3 is 0 Å². The molecule has 9 heteroatoms. The number of benzene rings is 2. The molecule has 4 heterocycles. The van der Waals surface area contributed by atoms with Crippen LogP contribution in [0.25, 0.3) is 0 Å². The smallest absolute Gasteiger partial charge is 0.241 e. The number of rotatable bonds is 6. The summed E-state index contributed by atoms with van der Waals surface area (Å²) in [6.07, 6.45) is 4.21. The molecule has 47 heavy (non-hydrogen) atoms. The normalized spacial score (nSPS) is 31.2. The summed E-state index contributed by atoms with van der Waals surface area (Å²) < 4.78 is 6.11. The molecule has 3 aliphatic heterocycles. The lowest BCUT2D eigenvalue weighted by atomic mass is 9.52. The van der Waals surface area contributed by atoms with Gasteiger partial charge in [-0.05, 0) is 68.4 Å². The van der Waals surface area contributed by atoms with Crippen LogP contribution in [0.1, 0.15) is 55.6 Å². The molecule has 6 atom stereocenters. The number of anilines is 1. The summed E-state index contributed by atoms with van der Waals surface area (Å²) in [4.78, 5) is 62.3. The van der Waals surface area contributed by atoms with Crippen molar-refractivity contribution < 1.29 is 28.7 Å². The summed E-state index contributed by atoms with van der Waals surface area (Å²) in [5, 5.41) is 9.82. The number of aliphatic hydroxyl groups excluding tert-OH is 1. The maximum Gasteiger partial charge on any atom is 0.241 e. The molecule has 1 N–H and O–H groups in total. The van der Waals surface area contributed by atoms with E-state index in [9.17, 15) is 24.3 Å². The Balaban J connectivity index is 1.11. The van der Waals surface area contributed by atoms with Gasteiger partial charge in [-0.1, -0.05) is 60.2 Å². The van der Waals surface area contributed by atoms with Crippen molar-refractivity contribution in [1.82, 2.24) is 9.80 Å². The van der Waals surface area contributed by atoms with Gasteiger partial charge in [-0.3, -0.25) is 29.0 Å². The minimum Gasteiger partial charge on any atom is -0.463 e. The van der Waals surface area contributed by atoms with Crippen LogP contribution < -0.4 is 4.90 Å². The topological polar surface area (TPSA) is 111 Å². The molecule has 2 aliphatic carbocycles. The number of furan rings is 1. The highest BCUT2D eigenvalue weighted by molar-refractivity contribution is 6.24. The van der Waals surface area contributed by atoms with Crippen LogP contribution in [0.3, 0.4) is 0 Å². The third-order valence-corrected chi connectivity index (χ3v) is 11.6. The summed E-state index contributed by atoms with van der Waals surface area (Å²) in [7, 11) is 0. The number of aliphatic hydroxyl groups is 1. The van der Waals surface area contributed by atoms with E-state index in [0.29, 0.717) is 30.0 Å². The molecule has 2 aromatic carbocycles. The van der Waals surface area contributed by atoms with E-state index in [-0.39, 0.29) is 42.2 Å². The SMILES string of the molecule is CC12C(=O)N(c3ccccc3)C(=O)C1CC1C(=CCC3C(=O)N(C4CCN(Cc5ccccc5)CC4)C(=O)C31)C2c1ccc(CO)o1. The fourth-order valence-corrected chi connectivity index (χ4v) is 9.34. The average molecular weight is 634 g/mol. The lowest BCUT2D eigenvalue weighted by Gasteiger charge is -2.48. The number of carbonyl (C=O) groups is 4. The first-order valence-electron chi connectivity index (χ1n) is 16.8. The van der Waals surface area contributed by atoms with Crippen molar-refractivity contribution in [2.24, 2.45) is 29.1 Å². The van der Waals surface area contributed by atoms with Gasteiger partial charge in [0.2, 0.25) is 23.6 Å². The zero-order chi connectivity index (χ0) is 32.4. The van der Waals surface area contributed by atoms with Crippen LogP contribution in [0, 0.1) is 29.1 Å². The summed E-state index contributed by atoms with van der Waals surface area (Å²) >= 11 is 0. The maximum absolute atomic E-state index is 14.4. The van der Waals surface area contributed by atoms with Crippen LogP contribution in [-0.4, -0.2) is 57.7 Å². The van der Waals surface area contributed by atoms with E-state index in [4.69, 9.17) is 4.42 Å². The molecular weight excluding hydrogens is 594 g/mol. The summed E-state index contributed by atoms with van der Waals surface area (Å²) in [5.41, 5.74) is 1.49. The first-order valence-corrected chi connectivity index (χ1v) is 16.8. The Labute approximate surface area is 273 Å². The summed E-state index contributed by atoms with van der Waals surface area (Å²) in [6.45, 7) is 4.00. The zero-order valence-electron chi connectivity index (χ0n) is 26.5. The molecule has 1 saturated carbocycles. The van der Waals surface area contributed by atoms with E-state index < -0.39 is 29.1 Å². The van der Waals surface area contributed by atoms with Crippen LogP contribution in [-0.2, 0) is 32.3 Å². The number of para-hydroxylation sites is 1. The fourth-order valence-electron chi connectivity index (χ4n) is 9.34. The minimum absolute atomic E-state index is 0.109. The van der Waals surface area contributed by atoms with E-state index in [1.807, 2.05) is 37.3 Å². The second-order valence-corrected chi connectivity index (χ2v) is 14.0. The van der Waals surface area contributed by atoms with Crippen molar-refractivity contribution in [3.63, 3.8) is 0 Å². The maximum atomic E-state index is 14.4. The van der Waals surface area contributed by atoms with Gasteiger partial charge in [-0.25, -0.2) is 4.90 Å². The van der Waals surface area contributed by atoms with Gasteiger partial charge in [0.15, 0.2) is 0 Å². The molecule has 1 aromatic heterocycles. The number of imide groups is 2. The highest BCUT2D eigenvalue weighted by atomic mass is 16.4. The first kappa shape index (κ1) is 30.0. The summed E-state index contributed by atoms with van der Waals surface area (Å²) in [6, 6.07) is 22.6. The lowest BCUT2D eigenvalue weighted by Crippen LogP contribution is -2.49. The fraction of sp³-hybridized carbons (Fsp3) is 0.421. The van der Waals surface area contributed by atoms with Crippen LogP contribution in [0.15, 0.2) is 88.9 Å². The molecule has 6 unspecified atom stereocenters. The molecule has 4 fully saturated rings. The molecule has 3 saturated heterocycles. The highest BCUT2D eigenvalue weighted by Crippen LogP contribution is 2.63. The number of piperidine rings is 1. The van der Waals surface area contributed by atoms with E-state index in [1.54, 1.807) is 41.3 Å². The Hall–Kier alpha value is -4.34. The number of likely N-dealkylation sites (tertiary alicyclic amines) is 2. The standard InChI is InChI=1S/C38H39N3O6/c1-38-30(35(44)41(37(38)46)24-10-6-3-7-11-24)20-29-27(33(38)31-15-12-26(22-42)47-31)13-14-28-32(29)36(45)40(34(28)43)25-16-18-39(19-17-25)21-23-8-4-2-5-9-23/h2-13,15,25,28-30,32-33,42H,14,16-22H2,1H3. The molecule has 8 rings (SSSR count). The van der Waals surface area contributed by atoms with Gasteiger partial charge in [0.05, 0.1) is 34.8 Å². The molecule has 242 valence electrons. The van der Waals surface area contributed by atoms with Gasteiger partial charge in [-0.2, -0.15) is 0 Å². The number of carbonyl (C=O) groups excluding carboxylic acids is 4. The van der Waals surface area contributed by atoms with Crippen molar-refractivity contribution in [3.05, 3.63) is 102 Å². The molecule has 5 aliphatic rings. The minimum atomic E-state index is -1.16. The Morgan fingerprint density at radius 2 is 1.55 bits per heavy atom. The molecule has 0 spiro atoms. The van der Waals surface area contributed by atoms with Crippen LogP contribution in [0.5, 0.6) is 0 Å². The quantitative estimate of drug-likeness (QED) is 0.310. The van der Waals surface area contributed by atoms with E-state index in [0.717, 1.165) is 38.0 Å². The van der Waals surface area contributed by atoms with Gasteiger partial charge in [0, 0.05) is 25.7 Å². The van der Waals surface area contributed by atoms with E-state index in [2.05, 4.69) is 17.0 Å². The Kier molecular flexibility index (Phi) is 7.29. The van der Waals surface area contributed by atoms with Crippen molar-refractivity contribution in [3.8, 4) is 0 Å². The Bertz CT molecular complexity index is 1760. The predicted molar refractivity (Wildman–Crippen MR) is 172 cm³/mol. The van der Waals surface area contributed by atoms with E-state index >= 15 is 0 Å². The summed E-state index contributed by atoms with van der Waals surface area (Å²) in [5.74, 6) is -2.76. The second-order valence-electron chi connectivity index (χ2n) is 14.0. The van der Waals surface area contributed by atoms with Gasteiger partial charge in [0.25, 0.3) is 0 Å². The molecule has 0 bridgehead atoms. The molecule has 3 aromatic rings. The largest absolute Gasteiger partial charge is 0.463 e. The molecule has 4 amide bonds. The second kappa shape index (κ2) is 11.4. The van der Waals surface area contributed by atoms with Crippen molar-refractivity contribution in [2.45, 2.75) is 57.7 Å². The number of hydrogen-bond acceptors (Lipinski definition) is 7. The zero-order valence-corrected chi connectivity index (χ0v) is 26.5. The lowest BCUT2D eigenvalue weighted by molar-refractivity contribution is -0.144.